The minimum atomic E-state index is -0.954. The Labute approximate surface area is 64.4 Å². The molecule has 1 N–H and O–H groups in total. The SMILES string of the molecule is O=[N+]([O-])C12CCC(CC1O)C2. The van der Waals surface area contributed by atoms with Crippen LogP contribution in [-0.2, 0) is 0 Å². The Balaban J connectivity index is 2.29. The number of rotatable bonds is 1. The molecule has 0 amide bonds. The van der Waals surface area contributed by atoms with Crippen molar-refractivity contribution < 1.29 is 10.0 Å². The van der Waals surface area contributed by atoms with Crippen LogP contribution in [0.4, 0.5) is 0 Å². The molecule has 2 bridgehead atoms. The van der Waals surface area contributed by atoms with Crippen molar-refractivity contribution in [2.24, 2.45) is 5.92 Å². The minimum absolute atomic E-state index is 0.273. The zero-order valence-corrected chi connectivity index (χ0v) is 6.19. The standard InChI is InChI=1S/C7H11NO3/c9-6-3-5-1-2-7(6,4-5)8(10)11/h5-6,9H,1-4H2. The Morgan fingerprint density at radius 2 is 2.36 bits per heavy atom. The lowest BCUT2D eigenvalue weighted by atomic mass is 9.91. The van der Waals surface area contributed by atoms with Crippen LogP contribution in [0.5, 0.6) is 0 Å². The van der Waals surface area contributed by atoms with E-state index in [1.165, 1.54) is 0 Å². The summed E-state index contributed by atoms with van der Waals surface area (Å²) in [5.74, 6) is 0.412. The van der Waals surface area contributed by atoms with Gasteiger partial charge in [-0.1, -0.05) is 0 Å². The molecule has 2 aliphatic rings. The Morgan fingerprint density at radius 3 is 2.64 bits per heavy atom. The second kappa shape index (κ2) is 1.94. The molecule has 3 atom stereocenters. The van der Waals surface area contributed by atoms with Crippen molar-refractivity contribution in [2.45, 2.75) is 37.3 Å². The molecule has 0 aromatic heterocycles. The van der Waals surface area contributed by atoms with Gasteiger partial charge in [-0.15, -0.1) is 0 Å². The van der Waals surface area contributed by atoms with Crippen LogP contribution in [0.2, 0.25) is 0 Å². The van der Waals surface area contributed by atoms with Gasteiger partial charge in [-0.25, -0.2) is 0 Å². The van der Waals surface area contributed by atoms with Gasteiger partial charge in [0, 0.05) is 17.8 Å². The van der Waals surface area contributed by atoms with Crippen LogP contribution in [0.1, 0.15) is 25.7 Å². The topological polar surface area (TPSA) is 63.4 Å². The maximum absolute atomic E-state index is 10.6. The molecule has 0 aliphatic heterocycles. The lowest BCUT2D eigenvalue weighted by Crippen LogP contribution is -2.44. The van der Waals surface area contributed by atoms with Crippen molar-refractivity contribution in [1.82, 2.24) is 0 Å². The van der Waals surface area contributed by atoms with Crippen LogP contribution in [-0.4, -0.2) is 21.7 Å². The summed E-state index contributed by atoms with van der Waals surface area (Å²) in [6.45, 7) is 0. The van der Waals surface area contributed by atoms with Gasteiger partial charge >= 0.3 is 0 Å². The average Bonchev–Trinajstić information content (AvgIpc) is 2.43. The lowest BCUT2D eigenvalue weighted by Gasteiger charge is -2.22. The van der Waals surface area contributed by atoms with E-state index in [1.54, 1.807) is 0 Å². The fraction of sp³-hybridized carbons (Fsp3) is 1.00. The van der Waals surface area contributed by atoms with Crippen LogP contribution < -0.4 is 0 Å². The molecule has 0 aromatic carbocycles. The van der Waals surface area contributed by atoms with Crippen LogP contribution in [0, 0.1) is 16.0 Å². The summed E-state index contributed by atoms with van der Waals surface area (Å²) in [5.41, 5.74) is -0.954. The van der Waals surface area contributed by atoms with E-state index in [4.69, 9.17) is 0 Å². The highest BCUT2D eigenvalue weighted by Gasteiger charge is 2.61. The molecule has 0 radical (unpaired) electrons. The molecule has 4 heteroatoms. The van der Waals surface area contributed by atoms with Crippen LogP contribution in [0.15, 0.2) is 0 Å². The molecule has 3 unspecified atom stereocenters. The summed E-state index contributed by atoms with van der Waals surface area (Å²) < 4.78 is 0. The summed E-state index contributed by atoms with van der Waals surface area (Å²) in [5, 5.41) is 20.0. The zero-order valence-electron chi connectivity index (χ0n) is 6.19. The monoisotopic (exact) mass is 157 g/mol. The first-order valence-corrected chi connectivity index (χ1v) is 3.98. The normalized spacial score (nSPS) is 48.1. The molecule has 62 valence electrons. The van der Waals surface area contributed by atoms with Gasteiger partial charge in [-0.05, 0) is 18.8 Å². The van der Waals surface area contributed by atoms with E-state index in [2.05, 4.69) is 0 Å². The molecule has 2 fully saturated rings. The van der Waals surface area contributed by atoms with Gasteiger partial charge < -0.3 is 5.11 Å². The number of nitrogens with zero attached hydrogens (tertiary/aromatic N) is 1. The average molecular weight is 157 g/mol. The van der Waals surface area contributed by atoms with E-state index < -0.39 is 11.6 Å². The van der Waals surface area contributed by atoms with Gasteiger partial charge in [-0.2, -0.15) is 0 Å². The van der Waals surface area contributed by atoms with Gasteiger partial charge in [0.25, 0.3) is 0 Å². The summed E-state index contributed by atoms with van der Waals surface area (Å²) in [6, 6.07) is 0. The van der Waals surface area contributed by atoms with E-state index in [1.807, 2.05) is 0 Å². The summed E-state index contributed by atoms with van der Waals surface area (Å²) in [7, 11) is 0. The van der Waals surface area contributed by atoms with Crippen molar-refractivity contribution in [3.63, 3.8) is 0 Å². The summed E-state index contributed by atoms with van der Waals surface area (Å²) in [4.78, 5) is 10.4. The fourth-order valence-corrected chi connectivity index (χ4v) is 2.48. The van der Waals surface area contributed by atoms with Crippen molar-refractivity contribution in [1.29, 1.82) is 0 Å². The maximum Gasteiger partial charge on any atom is 0.247 e. The van der Waals surface area contributed by atoms with Gasteiger partial charge in [0.15, 0.2) is 0 Å². The number of hydrogen-bond acceptors (Lipinski definition) is 3. The second-order valence-electron chi connectivity index (χ2n) is 3.72. The van der Waals surface area contributed by atoms with E-state index in [0.717, 1.165) is 6.42 Å². The Bertz CT molecular complexity index is 206. The number of hydrogen-bond donors (Lipinski definition) is 1. The fourth-order valence-electron chi connectivity index (χ4n) is 2.48. The molecule has 2 rings (SSSR count). The highest BCUT2D eigenvalue weighted by Crippen LogP contribution is 2.49. The number of aliphatic hydroxyl groups excluding tert-OH is 1. The lowest BCUT2D eigenvalue weighted by molar-refractivity contribution is -0.578. The van der Waals surface area contributed by atoms with Gasteiger partial charge in [0.05, 0.1) is 0 Å². The third-order valence-corrected chi connectivity index (χ3v) is 3.17. The molecule has 4 nitrogen and oxygen atoms in total. The molecule has 0 aromatic rings. The third kappa shape index (κ3) is 0.730. The number of nitro groups is 1. The summed E-state index contributed by atoms with van der Waals surface area (Å²) >= 11 is 0. The van der Waals surface area contributed by atoms with Gasteiger partial charge in [0.1, 0.15) is 6.10 Å². The van der Waals surface area contributed by atoms with Crippen LogP contribution in [0.3, 0.4) is 0 Å². The Hall–Kier alpha value is -0.640. The van der Waals surface area contributed by atoms with E-state index in [9.17, 15) is 15.2 Å². The molecule has 2 saturated carbocycles. The molecular formula is C7H11NO3. The van der Waals surface area contributed by atoms with E-state index in [0.29, 0.717) is 25.2 Å². The van der Waals surface area contributed by atoms with Crippen LogP contribution >= 0.6 is 0 Å². The molecule has 0 saturated heterocycles. The molecule has 11 heavy (non-hydrogen) atoms. The van der Waals surface area contributed by atoms with Crippen molar-refractivity contribution in [3.05, 3.63) is 10.1 Å². The van der Waals surface area contributed by atoms with Crippen molar-refractivity contribution >= 4 is 0 Å². The van der Waals surface area contributed by atoms with Gasteiger partial charge in [0.2, 0.25) is 5.54 Å². The zero-order chi connectivity index (χ0) is 8.06. The van der Waals surface area contributed by atoms with E-state index >= 15 is 0 Å². The minimum Gasteiger partial charge on any atom is -0.386 e. The number of aliphatic hydroxyl groups is 1. The molecule has 2 aliphatic carbocycles. The Kier molecular flexibility index (Phi) is 1.24. The molecular weight excluding hydrogens is 146 g/mol. The highest BCUT2D eigenvalue weighted by atomic mass is 16.6. The van der Waals surface area contributed by atoms with E-state index in [-0.39, 0.29) is 4.92 Å². The largest absolute Gasteiger partial charge is 0.386 e. The predicted octanol–water partition coefficient (Wildman–Crippen LogP) is 0.567. The molecule has 0 spiro atoms. The smallest absolute Gasteiger partial charge is 0.247 e. The first-order valence-electron chi connectivity index (χ1n) is 3.98. The second-order valence-corrected chi connectivity index (χ2v) is 3.72. The number of fused-ring (bicyclic) bond motifs is 2. The quantitative estimate of drug-likeness (QED) is 0.447. The summed E-state index contributed by atoms with van der Waals surface area (Å²) in [6.07, 6.45) is 2.06. The maximum atomic E-state index is 10.6. The predicted molar refractivity (Wildman–Crippen MR) is 37.7 cm³/mol. The van der Waals surface area contributed by atoms with Gasteiger partial charge in [-0.3, -0.25) is 10.1 Å². The first-order chi connectivity index (χ1) is 5.15. The molecule has 0 heterocycles. The first kappa shape index (κ1) is 7.03. The van der Waals surface area contributed by atoms with Crippen LogP contribution in [0.25, 0.3) is 0 Å². The Morgan fingerprint density at radius 1 is 1.64 bits per heavy atom. The van der Waals surface area contributed by atoms with Crippen molar-refractivity contribution in [3.8, 4) is 0 Å². The highest BCUT2D eigenvalue weighted by molar-refractivity contribution is 5.03. The third-order valence-electron chi connectivity index (χ3n) is 3.17. The van der Waals surface area contributed by atoms with Crippen molar-refractivity contribution in [2.75, 3.05) is 0 Å².